The second kappa shape index (κ2) is 6.01. The fraction of sp³-hybridized carbons (Fsp3) is 0.750. The van der Waals surface area contributed by atoms with E-state index in [1.165, 1.54) is 5.69 Å². The second-order valence-electron chi connectivity index (χ2n) is 4.24. The topological polar surface area (TPSA) is 41.3 Å². The fourth-order valence-corrected chi connectivity index (χ4v) is 1.64. The van der Waals surface area contributed by atoms with Gasteiger partial charge in [-0.3, -0.25) is 9.58 Å². The molecule has 0 aromatic carbocycles. The molecule has 0 saturated carbocycles. The lowest BCUT2D eigenvalue weighted by Crippen LogP contribution is -2.32. The quantitative estimate of drug-likeness (QED) is 0.793. The summed E-state index contributed by atoms with van der Waals surface area (Å²) in [6.07, 6.45) is 0.971. The van der Waals surface area contributed by atoms with Gasteiger partial charge in [0.15, 0.2) is 0 Å². The van der Waals surface area contributed by atoms with Crippen molar-refractivity contribution in [2.24, 2.45) is 0 Å². The minimum absolute atomic E-state index is 0.185. The van der Waals surface area contributed by atoms with Crippen LogP contribution in [0, 0.1) is 0 Å². The molecule has 1 N–H and O–H groups in total. The van der Waals surface area contributed by atoms with Crippen LogP contribution in [0.3, 0.4) is 0 Å². The maximum absolute atomic E-state index is 9.10. The van der Waals surface area contributed by atoms with Crippen LogP contribution in [0.4, 0.5) is 0 Å². The number of aliphatic hydroxyl groups excluding tert-OH is 1. The Hall–Kier alpha value is -0.870. The van der Waals surface area contributed by atoms with Crippen molar-refractivity contribution in [3.63, 3.8) is 0 Å². The van der Waals surface area contributed by atoms with Crippen LogP contribution >= 0.6 is 0 Å². The molecule has 0 spiro atoms. The van der Waals surface area contributed by atoms with E-state index < -0.39 is 0 Å². The van der Waals surface area contributed by atoms with Crippen LogP contribution in [0.25, 0.3) is 0 Å². The molecule has 0 amide bonds. The van der Waals surface area contributed by atoms with Gasteiger partial charge in [-0.05, 0) is 33.4 Å². The highest BCUT2D eigenvalue weighted by Crippen LogP contribution is 2.09. The number of hydrogen-bond acceptors (Lipinski definition) is 3. The number of aryl methyl sites for hydroxylation is 2. The third-order valence-corrected chi connectivity index (χ3v) is 3.00. The standard InChI is InChI=1S/C12H23N3O/c1-5-11-7-12(15(6-2)13-11)8-14(4)10(3)9-16/h7,10,16H,5-6,8-9H2,1-4H3. The molecule has 0 fully saturated rings. The molecule has 0 radical (unpaired) electrons. The first kappa shape index (κ1) is 13.2. The van der Waals surface area contributed by atoms with E-state index in [4.69, 9.17) is 5.11 Å². The molecule has 92 valence electrons. The Labute approximate surface area is 97.9 Å². The van der Waals surface area contributed by atoms with Gasteiger partial charge in [-0.1, -0.05) is 6.92 Å². The van der Waals surface area contributed by atoms with E-state index in [1.807, 2.05) is 18.7 Å². The average molecular weight is 225 g/mol. The lowest BCUT2D eigenvalue weighted by atomic mass is 10.2. The van der Waals surface area contributed by atoms with Crippen molar-refractivity contribution >= 4 is 0 Å². The van der Waals surface area contributed by atoms with Gasteiger partial charge >= 0.3 is 0 Å². The monoisotopic (exact) mass is 225 g/mol. The Balaban J connectivity index is 2.75. The van der Waals surface area contributed by atoms with Gasteiger partial charge in [0, 0.05) is 19.1 Å². The molecule has 1 aromatic rings. The average Bonchev–Trinajstić information content (AvgIpc) is 2.70. The zero-order chi connectivity index (χ0) is 12.1. The number of nitrogens with zero attached hydrogens (tertiary/aromatic N) is 3. The van der Waals surface area contributed by atoms with Crippen LogP contribution in [-0.4, -0.2) is 39.5 Å². The molecule has 1 unspecified atom stereocenters. The Morgan fingerprint density at radius 3 is 2.69 bits per heavy atom. The van der Waals surface area contributed by atoms with Crippen molar-refractivity contribution < 1.29 is 5.11 Å². The summed E-state index contributed by atoms with van der Waals surface area (Å²) in [5.41, 5.74) is 2.36. The molecular formula is C12H23N3O. The summed E-state index contributed by atoms with van der Waals surface area (Å²) >= 11 is 0. The van der Waals surface area contributed by atoms with Crippen LogP contribution in [0.5, 0.6) is 0 Å². The van der Waals surface area contributed by atoms with E-state index in [9.17, 15) is 0 Å². The molecule has 0 saturated heterocycles. The summed E-state index contributed by atoms with van der Waals surface area (Å²) in [4.78, 5) is 2.14. The van der Waals surface area contributed by atoms with E-state index in [2.05, 4.69) is 29.9 Å². The third kappa shape index (κ3) is 3.06. The predicted molar refractivity (Wildman–Crippen MR) is 65.3 cm³/mol. The van der Waals surface area contributed by atoms with Crippen molar-refractivity contribution in [2.45, 2.75) is 46.3 Å². The predicted octanol–water partition coefficient (Wildman–Crippen LogP) is 1.28. The maximum atomic E-state index is 9.10. The van der Waals surface area contributed by atoms with Crippen molar-refractivity contribution in [1.82, 2.24) is 14.7 Å². The minimum atomic E-state index is 0.185. The molecule has 16 heavy (non-hydrogen) atoms. The second-order valence-corrected chi connectivity index (χ2v) is 4.24. The number of likely N-dealkylation sites (N-methyl/N-ethyl adjacent to an activating group) is 1. The number of aromatic nitrogens is 2. The van der Waals surface area contributed by atoms with Crippen LogP contribution in [0.2, 0.25) is 0 Å². The maximum Gasteiger partial charge on any atom is 0.0625 e. The van der Waals surface area contributed by atoms with Gasteiger partial charge in [-0.25, -0.2) is 0 Å². The zero-order valence-corrected chi connectivity index (χ0v) is 10.8. The Morgan fingerprint density at radius 1 is 1.50 bits per heavy atom. The SMILES string of the molecule is CCc1cc(CN(C)C(C)CO)n(CC)n1. The summed E-state index contributed by atoms with van der Waals surface area (Å²) in [6, 6.07) is 2.34. The van der Waals surface area contributed by atoms with E-state index >= 15 is 0 Å². The number of hydrogen-bond donors (Lipinski definition) is 1. The highest BCUT2D eigenvalue weighted by Gasteiger charge is 2.12. The molecule has 0 aliphatic carbocycles. The molecule has 0 bridgehead atoms. The smallest absolute Gasteiger partial charge is 0.0625 e. The first-order valence-electron chi connectivity index (χ1n) is 5.99. The van der Waals surface area contributed by atoms with E-state index in [0.29, 0.717) is 0 Å². The van der Waals surface area contributed by atoms with Gasteiger partial charge < -0.3 is 5.11 Å². The van der Waals surface area contributed by atoms with E-state index in [-0.39, 0.29) is 12.6 Å². The summed E-state index contributed by atoms with van der Waals surface area (Å²) in [6.45, 7) is 8.17. The Bertz CT molecular complexity index is 322. The van der Waals surface area contributed by atoms with Crippen LogP contribution < -0.4 is 0 Å². The fourth-order valence-electron chi connectivity index (χ4n) is 1.64. The van der Waals surface area contributed by atoms with Gasteiger partial charge in [0.2, 0.25) is 0 Å². The molecule has 1 atom stereocenters. The molecule has 4 heteroatoms. The lowest BCUT2D eigenvalue weighted by Gasteiger charge is -2.22. The van der Waals surface area contributed by atoms with Gasteiger partial charge in [0.05, 0.1) is 18.0 Å². The minimum Gasteiger partial charge on any atom is -0.395 e. The molecular weight excluding hydrogens is 202 g/mol. The van der Waals surface area contributed by atoms with Gasteiger partial charge in [0.1, 0.15) is 0 Å². The first-order chi connectivity index (χ1) is 7.62. The van der Waals surface area contributed by atoms with Crippen LogP contribution in [0.15, 0.2) is 6.07 Å². The van der Waals surface area contributed by atoms with Gasteiger partial charge in [-0.2, -0.15) is 5.10 Å². The van der Waals surface area contributed by atoms with Crippen LogP contribution in [0.1, 0.15) is 32.2 Å². The number of aliphatic hydroxyl groups is 1. The Kier molecular flexibility index (Phi) is 4.96. The van der Waals surface area contributed by atoms with Crippen molar-refractivity contribution in [3.8, 4) is 0 Å². The van der Waals surface area contributed by atoms with E-state index in [1.54, 1.807) is 0 Å². The Morgan fingerprint density at radius 2 is 2.19 bits per heavy atom. The van der Waals surface area contributed by atoms with Crippen molar-refractivity contribution in [3.05, 3.63) is 17.5 Å². The zero-order valence-electron chi connectivity index (χ0n) is 10.8. The third-order valence-electron chi connectivity index (χ3n) is 3.00. The van der Waals surface area contributed by atoms with Gasteiger partial charge in [0.25, 0.3) is 0 Å². The highest BCUT2D eigenvalue weighted by molar-refractivity contribution is 5.10. The van der Waals surface area contributed by atoms with E-state index in [0.717, 1.165) is 25.2 Å². The van der Waals surface area contributed by atoms with Crippen LogP contribution in [-0.2, 0) is 19.5 Å². The summed E-state index contributed by atoms with van der Waals surface area (Å²) < 4.78 is 2.04. The molecule has 1 rings (SSSR count). The number of rotatable bonds is 6. The largest absolute Gasteiger partial charge is 0.395 e. The summed E-state index contributed by atoms with van der Waals surface area (Å²) in [5.74, 6) is 0. The molecule has 1 aromatic heterocycles. The molecule has 1 heterocycles. The van der Waals surface area contributed by atoms with Crippen molar-refractivity contribution in [1.29, 1.82) is 0 Å². The summed E-state index contributed by atoms with van der Waals surface area (Å²) in [7, 11) is 2.03. The first-order valence-corrected chi connectivity index (χ1v) is 5.99. The van der Waals surface area contributed by atoms with Crippen molar-refractivity contribution in [2.75, 3.05) is 13.7 Å². The molecule has 4 nitrogen and oxygen atoms in total. The molecule has 0 aliphatic heterocycles. The van der Waals surface area contributed by atoms with Gasteiger partial charge in [-0.15, -0.1) is 0 Å². The summed E-state index contributed by atoms with van der Waals surface area (Å²) in [5, 5.41) is 13.6. The molecule has 0 aliphatic rings. The highest BCUT2D eigenvalue weighted by atomic mass is 16.3. The normalized spacial score (nSPS) is 13.4. The lowest BCUT2D eigenvalue weighted by molar-refractivity contribution is 0.151.